The number of nitrogens with one attached hydrogen (secondary N) is 2. The van der Waals surface area contributed by atoms with E-state index in [2.05, 4.69) is 10.5 Å². The number of hydrogen-bond donors (Lipinski definition) is 3. The van der Waals surface area contributed by atoms with Gasteiger partial charge in [-0.15, -0.1) is 0 Å². The van der Waals surface area contributed by atoms with E-state index in [-0.39, 0.29) is 11.3 Å². The molecule has 112 valence electrons. The Morgan fingerprint density at radius 3 is 2.62 bits per heavy atom. The van der Waals surface area contributed by atoms with Gasteiger partial charge in [-0.3, -0.25) is 14.8 Å². The molecule has 1 aromatic carbocycles. The molecule has 0 saturated heterocycles. The minimum atomic E-state index is -0.639. The Kier molecular flexibility index (Phi) is 5.80. The third-order valence-corrected chi connectivity index (χ3v) is 2.30. The molecule has 1 rings (SSSR count). The van der Waals surface area contributed by atoms with E-state index >= 15 is 0 Å². The van der Waals surface area contributed by atoms with Gasteiger partial charge >= 0.3 is 0 Å². The summed E-state index contributed by atoms with van der Waals surface area (Å²) in [6.45, 7) is 5.92. The number of carbonyl (C=O) groups excluding carboxylic acids is 2. The molecule has 0 heterocycles. The van der Waals surface area contributed by atoms with Gasteiger partial charge in [0.15, 0.2) is 0 Å². The van der Waals surface area contributed by atoms with Crippen molar-refractivity contribution in [1.82, 2.24) is 10.9 Å². The minimum Gasteiger partial charge on any atom is -0.288 e. The maximum atomic E-state index is 11.9. The van der Waals surface area contributed by atoms with Crippen LogP contribution in [0, 0.1) is 5.41 Å². The average molecular weight is 289 g/mol. The normalized spacial score (nSPS) is 11.8. The number of rotatable bonds is 4. The van der Waals surface area contributed by atoms with Crippen molar-refractivity contribution < 1.29 is 14.8 Å². The van der Waals surface area contributed by atoms with Crippen molar-refractivity contribution in [1.29, 1.82) is 0 Å². The molecule has 0 spiro atoms. The predicted molar refractivity (Wildman–Crippen MR) is 80.8 cm³/mol. The molecule has 21 heavy (non-hydrogen) atoms. The molecule has 0 saturated carbocycles. The van der Waals surface area contributed by atoms with Crippen LogP contribution in [-0.4, -0.2) is 23.2 Å². The third-order valence-electron chi connectivity index (χ3n) is 2.30. The number of carbonyl (C=O) groups is 2. The molecule has 3 N–H and O–H groups in total. The van der Waals surface area contributed by atoms with Crippen molar-refractivity contribution >= 4 is 24.1 Å². The van der Waals surface area contributed by atoms with Crippen molar-refractivity contribution in [3.05, 3.63) is 41.5 Å². The number of amides is 2. The van der Waals surface area contributed by atoms with Crippen LogP contribution in [0.2, 0.25) is 0 Å². The van der Waals surface area contributed by atoms with E-state index in [9.17, 15) is 9.59 Å². The number of nitrogens with zero attached hydrogens (tertiary/aromatic N) is 1. The Morgan fingerprint density at radius 1 is 1.29 bits per heavy atom. The molecule has 6 heteroatoms. The topological polar surface area (TPSA) is 90.8 Å². The summed E-state index contributed by atoms with van der Waals surface area (Å²) in [6.07, 6.45) is 4.30. The molecule has 6 nitrogen and oxygen atoms in total. The predicted octanol–water partition coefficient (Wildman–Crippen LogP) is 1.97. The lowest BCUT2D eigenvalue weighted by molar-refractivity contribution is -0.124. The first-order chi connectivity index (χ1) is 9.81. The third kappa shape index (κ3) is 6.49. The van der Waals surface area contributed by atoms with Gasteiger partial charge in [0.25, 0.3) is 11.8 Å². The van der Waals surface area contributed by atoms with Gasteiger partial charge in [0, 0.05) is 17.9 Å². The Balaban J connectivity index is 2.76. The van der Waals surface area contributed by atoms with E-state index in [1.165, 1.54) is 11.6 Å². The van der Waals surface area contributed by atoms with Gasteiger partial charge in [-0.25, -0.2) is 10.9 Å². The summed E-state index contributed by atoms with van der Waals surface area (Å²) in [5.74, 6) is -0.975. The van der Waals surface area contributed by atoms with E-state index in [4.69, 9.17) is 5.21 Å². The zero-order valence-electron chi connectivity index (χ0n) is 12.3. The van der Waals surface area contributed by atoms with E-state index in [0.717, 1.165) is 6.08 Å². The SMILES string of the molecule is CC(C)(C)C=NNC(=O)c1cccc(C=CC(=O)NO)c1. The monoisotopic (exact) mass is 289 g/mol. The van der Waals surface area contributed by atoms with Gasteiger partial charge in [0.1, 0.15) is 0 Å². The van der Waals surface area contributed by atoms with Crippen LogP contribution in [-0.2, 0) is 4.79 Å². The van der Waals surface area contributed by atoms with Crippen LogP contribution < -0.4 is 10.9 Å². The van der Waals surface area contributed by atoms with Gasteiger partial charge in [-0.1, -0.05) is 32.9 Å². The summed E-state index contributed by atoms with van der Waals surface area (Å²) < 4.78 is 0. The molecule has 0 aliphatic rings. The lowest BCUT2D eigenvalue weighted by Gasteiger charge is -2.09. The van der Waals surface area contributed by atoms with Gasteiger partial charge in [0.2, 0.25) is 0 Å². The highest BCUT2D eigenvalue weighted by Gasteiger charge is 2.07. The molecule has 0 bridgehead atoms. The molecule has 2 amide bonds. The molecule has 0 radical (unpaired) electrons. The molecule has 0 fully saturated rings. The van der Waals surface area contributed by atoms with Crippen LogP contribution in [0.5, 0.6) is 0 Å². The van der Waals surface area contributed by atoms with Gasteiger partial charge in [-0.2, -0.15) is 5.10 Å². The number of hydroxylamine groups is 1. The highest BCUT2D eigenvalue weighted by molar-refractivity contribution is 5.95. The van der Waals surface area contributed by atoms with Crippen molar-refractivity contribution in [2.24, 2.45) is 10.5 Å². The van der Waals surface area contributed by atoms with Crippen LogP contribution in [0.15, 0.2) is 35.4 Å². The second-order valence-corrected chi connectivity index (χ2v) is 5.50. The van der Waals surface area contributed by atoms with Crippen molar-refractivity contribution in [2.45, 2.75) is 20.8 Å². The van der Waals surface area contributed by atoms with Crippen molar-refractivity contribution in [3.63, 3.8) is 0 Å². The molecule has 0 aliphatic carbocycles. The summed E-state index contributed by atoms with van der Waals surface area (Å²) in [5, 5.41) is 12.3. The second kappa shape index (κ2) is 7.35. The molecule has 0 unspecified atom stereocenters. The molecule has 0 atom stereocenters. The van der Waals surface area contributed by atoms with Crippen molar-refractivity contribution in [3.8, 4) is 0 Å². The average Bonchev–Trinajstić information content (AvgIpc) is 2.43. The fourth-order valence-electron chi connectivity index (χ4n) is 1.34. The first-order valence-corrected chi connectivity index (χ1v) is 6.38. The first kappa shape index (κ1) is 16.6. The smallest absolute Gasteiger partial charge is 0.271 e. The van der Waals surface area contributed by atoms with Crippen LogP contribution in [0.3, 0.4) is 0 Å². The second-order valence-electron chi connectivity index (χ2n) is 5.50. The quantitative estimate of drug-likeness (QED) is 0.342. The Hall–Kier alpha value is -2.47. The Morgan fingerprint density at radius 2 is 2.00 bits per heavy atom. The zero-order valence-corrected chi connectivity index (χ0v) is 12.3. The zero-order chi connectivity index (χ0) is 15.9. The summed E-state index contributed by atoms with van der Waals surface area (Å²) in [4.78, 5) is 22.8. The number of hydrogen-bond acceptors (Lipinski definition) is 4. The Labute approximate surface area is 123 Å². The molecule has 1 aromatic rings. The molecule has 0 aliphatic heterocycles. The largest absolute Gasteiger partial charge is 0.288 e. The van der Waals surface area contributed by atoms with Crippen LogP contribution in [0.4, 0.5) is 0 Å². The highest BCUT2D eigenvalue weighted by Crippen LogP contribution is 2.09. The number of benzene rings is 1. The van der Waals surface area contributed by atoms with E-state index < -0.39 is 5.91 Å². The maximum absolute atomic E-state index is 11.9. The first-order valence-electron chi connectivity index (χ1n) is 6.38. The van der Waals surface area contributed by atoms with Crippen molar-refractivity contribution in [2.75, 3.05) is 0 Å². The molecular formula is C15H19N3O3. The highest BCUT2D eigenvalue weighted by atomic mass is 16.5. The molecule has 0 aromatic heterocycles. The lowest BCUT2D eigenvalue weighted by Crippen LogP contribution is -2.19. The van der Waals surface area contributed by atoms with E-state index in [0.29, 0.717) is 11.1 Å². The summed E-state index contributed by atoms with van der Waals surface area (Å²) in [7, 11) is 0. The van der Waals surface area contributed by atoms with Gasteiger partial charge in [0.05, 0.1) is 0 Å². The summed E-state index contributed by atoms with van der Waals surface area (Å²) in [5.41, 5.74) is 4.90. The number of hydrazone groups is 1. The lowest BCUT2D eigenvalue weighted by atomic mass is 9.99. The van der Waals surface area contributed by atoms with Gasteiger partial charge < -0.3 is 0 Å². The summed E-state index contributed by atoms with van der Waals surface area (Å²) in [6, 6.07) is 6.68. The summed E-state index contributed by atoms with van der Waals surface area (Å²) >= 11 is 0. The van der Waals surface area contributed by atoms with Crippen LogP contribution >= 0.6 is 0 Å². The standard InChI is InChI=1S/C15H19N3O3/c1-15(2,3)10-16-17-14(20)12-6-4-5-11(9-12)7-8-13(19)18-21/h4-10,21H,1-3H3,(H,17,20)(H,18,19). The van der Waals surface area contributed by atoms with Crippen LogP contribution in [0.1, 0.15) is 36.7 Å². The van der Waals surface area contributed by atoms with Gasteiger partial charge in [-0.05, 0) is 29.2 Å². The van der Waals surface area contributed by atoms with E-state index in [1.807, 2.05) is 20.8 Å². The Bertz CT molecular complexity index is 572. The van der Waals surface area contributed by atoms with Crippen LogP contribution in [0.25, 0.3) is 6.08 Å². The fraction of sp³-hybridized carbons (Fsp3) is 0.267. The fourth-order valence-corrected chi connectivity index (χ4v) is 1.34. The molecular weight excluding hydrogens is 270 g/mol. The van der Waals surface area contributed by atoms with E-state index in [1.54, 1.807) is 30.5 Å². The minimum absolute atomic E-state index is 0.116. The maximum Gasteiger partial charge on any atom is 0.271 e.